The first-order valence-corrected chi connectivity index (χ1v) is 22.3. The summed E-state index contributed by atoms with van der Waals surface area (Å²) in [5.74, 6) is -0.638. The lowest BCUT2D eigenvalue weighted by atomic mass is 9.73. The molecule has 11 heteroatoms. The lowest BCUT2D eigenvalue weighted by Gasteiger charge is -2.48. The van der Waals surface area contributed by atoms with Gasteiger partial charge in [-0.2, -0.15) is 0 Å². The van der Waals surface area contributed by atoms with Gasteiger partial charge in [0.2, 0.25) is 5.91 Å². The van der Waals surface area contributed by atoms with E-state index in [4.69, 9.17) is 30.9 Å². The smallest absolute Gasteiger partial charge is 0.358 e. The molecule has 0 bridgehead atoms. The van der Waals surface area contributed by atoms with Crippen LogP contribution in [0.3, 0.4) is 0 Å². The number of ether oxygens (including phenoxy) is 3. The number of aryl methyl sites for hydroxylation is 1. The number of phenolic OH excluding ortho intramolecular Hbond substituents is 1. The zero-order chi connectivity index (χ0) is 37.8. The number of benzene rings is 1. The minimum absolute atomic E-state index is 0.00476. The van der Waals surface area contributed by atoms with Crippen molar-refractivity contribution in [3.63, 3.8) is 0 Å². The number of thioether (sulfide) groups is 1. The highest BCUT2D eigenvalue weighted by Crippen LogP contribution is 2.52. The van der Waals surface area contributed by atoms with Gasteiger partial charge in [-0.25, -0.2) is 4.79 Å². The van der Waals surface area contributed by atoms with Gasteiger partial charge in [0.15, 0.2) is 8.32 Å². The second-order valence-electron chi connectivity index (χ2n) is 15.6. The van der Waals surface area contributed by atoms with Crippen molar-refractivity contribution in [2.75, 3.05) is 13.2 Å². The topological polar surface area (TPSA) is 94.5 Å². The van der Waals surface area contributed by atoms with Gasteiger partial charge in [0.25, 0.3) is 0 Å². The van der Waals surface area contributed by atoms with E-state index in [0.717, 1.165) is 49.7 Å². The largest absolute Gasteiger partial charge is 0.507 e. The molecule has 5 atom stereocenters. The van der Waals surface area contributed by atoms with Crippen molar-refractivity contribution in [3.8, 4) is 11.5 Å². The minimum atomic E-state index is -2.16. The Balaban J connectivity index is 1.59. The average Bonchev–Trinajstić information content (AvgIpc) is 3.35. The standard InChI is InChI=1S/C40H57NO7S2Si/c1-12-14-15-16-27-21-30(42)34(29-20-25(5)17-18-28(29)24(3)4)31(22-27)47-39(49)46-23-32-35(38(44)45-19-13-2)41-36(43)33(37(41)50-32)26(6)48-51(10,11)40(7,8)9/h13,20-22,26,28-29,33,37,42H,2-3,12,14-19,23H2,1,4-11H3/t26?,28-,29+,33-,37+/m0/s1. The van der Waals surface area contributed by atoms with Crippen molar-refractivity contribution in [1.29, 1.82) is 0 Å². The number of allylic oxidation sites excluding steroid dienone is 3. The van der Waals surface area contributed by atoms with Crippen LogP contribution in [0.4, 0.5) is 0 Å². The highest BCUT2D eigenvalue weighted by molar-refractivity contribution is 8.04. The number of rotatable bonds is 15. The quantitative estimate of drug-likeness (QED) is 0.0469. The maximum Gasteiger partial charge on any atom is 0.358 e. The number of esters is 1. The Morgan fingerprint density at radius 1 is 1.24 bits per heavy atom. The molecule has 0 radical (unpaired) electrons. The predicted molar refractivity (Wildman–Crippen MR) is 212 cm³/mol. The van der Waals surface area contributed by atoms with E-state index in [1.54, 1.807) is 0 Å². The normalized spacial score (nSPS) is 22.5. The molecule has 3 aliphatic rings. The number of hydrogen-bond donors (Lipinski definition) is 1. The fraction of sp³-hybridized carbons (Fsp3) is 0.575. The summed E-state index contributed by atoms with van der Waals surface area (Å²) < 4.78 is 24.3. The van der Waals surface area contributed by atoms with Gasteiger partial charge in [0.1, 0.15) is 35.8 Å². The number of unbranched alkanes of at least 4 members (excludes halogenated alkanes) is 2. The summed E-state index contributed by atoms with van der Waals surface area (Å²) in [7, 11) is -2.16. The third kappa shape index (κ3) is 9.21. The molecule has 0 saturated carbocycles. The fourth-order valence-electron chi connectivity index (χ4n) is 6.81. The molecule has 1 saturated heterocycles. The molecule has 1 aromatic rings. The van der Waals surface area contributed by atoms with Crippen LogP contribution in [0.15, 0.2) is 59.2 Å². The molecule has 1 aromatic carbocycles. The number of carbonyl (C=O) groups is 2. The first-order valence-electron chi connectivity index (χ1n) is 18.1. The molecule has 8 nitrogen and oxygen atoms in total. The summed E-state index contributed by atoms with van der Waals surface area (Å²) in [6.45, 7) is 26.9. The molecule has 1 N–H and O–H groups in total. The number of carbonyl (C=O) groups excluding carboxylic acids is 2. The number of aromatic hydroxyl groups is 1. The summed E-state index contributed by atoms with van der Waals surface area (Å²) in [4.78, 5) is 29.0. The molecule has 1 amide bonds. The van der Waals surface area contributed by atoms with Crippen LogP contribution < -0.4 is 4.74 Å². The molecule has 1 fully saturated rings. The van der Waals surface area contributed by atoms with Crippen LogP contribution in [0.5, 0.6) is 11.5 Å². The lowest BCUT2D eigenvalue weighted by molar-refractivity contribution is -0.157. The van der Waals surface area contributed by atoms with E-state index in [1.165, 1.54) is 28.3 Å². The molecule has 0 spiro atoms. The van der Waals surface area contributed by atoms with E-state index in [1.807, 2.05) is 26.0 Å². The van der Waals surface area contributed by atoms with Gasteiger partial charge in [0, 0.05) is 23.7 Å². The predicted octanol–water partition coefficient (Wildman–Crippen LogP) is 9.70. The van der Waals surface area contributed by atoms with Crippen LogP contribution in [0.2, 0.25) is 18.1 Å². The van der Waals surface area contributed by atoms with Crippen molar-refractivity contribution < 1.29 is 33.3 Å². The Labute approximate surface area is 315 Å². The summed E-state index contributed by atoms with van der Waals surface area (Å²) in [6, 6.07) is 3.79. The highest BCUT2D eigenvalue weighted by Gasteiger charge is 2.59. The second kappa shape index (κ2) is 16.9. The van der Waals surface area contributed by atoms with Gasteiger partial charge in [-0.15, -0.1) is 0 Å². The number of fused-ring (bicyclic) bond motifs is 1. The third-order valence-corrected chi connectivity index (χ3v) is 16.8. The van der Waals surface area contributed by atoms with Gasteiger partial charge in [-0.3, -0.25) is 9.69 Å². The van der Waals surface area contributed by atoms with Crippen LogP contribution in [0.25, 0.3) is 0 Å². The number of amides is 1. The maximum atomic E-state index is 13.6. The van der Waals surface area contributed by atoms with Gasteiger partial charge in [0.05, 0.1) is 16.9 Å². The van der Waals surface area contributed by atoms with Crippen LogP contribution in [0.1, 0.15) is 97.6 Å². The molecular formula is C40H57NO7S2Si. The molecular weight excluding hydrogens is 699 g/mol. The highest BCUT2D eigenvalue weighted by atomic mass is 32.2. The van der Waals surface area contributed by atoms with Crippen molar-refractivity contribution >= 4 is 49.4 Å². The molecule has 0 aromatic heterocycles. The summed E-state index contributed by atoms with van der Waals surface area (Å²) in [5, 5.41) is 11.0. The number of phenols is 1. The SMILES string of the molecule is C=CCOC(=O)C1=C(COC(=S)Oc2cc(CCCCC)cc(O)c2[C@@H]2C=C(C)CC[C@H]2C(=C)C)S[C@@H]2[C@@H](C(C)O[Si](C)(C)C(C)(C)C)C(=O)N12. The molecule has 2 heterocycles. The first-order chi connectivity index (χ1) is 23.9. The van der Waals surface area contributed by atoms with E-state index in [2.05, 4.69) is 66.9 Å². The summed E-state index contributed by atoms with van der Waals surface area (Å²) in [5.41, 5.74) is 4.05. The number of β-lactam (4-membered cyclic amide) rings is 1. The van der Waals surface area contributed by atoms with Crippen LogP contribution in [-0.4, -0.2) is 60.1 Å². The Bertz CT molecular complexity index is 1590. The zero-order valence-electron chi connectivity index (χ0n) is 31.9. The molecule has 1 aliphatic carbocycles. The number of thiocarbonyl (C=S) groups is 1. The van der Waals surface area contributed by atoms with E-state index < -0.39 is 20.2 Å². The van der Waals surface area contributed by atoms with Crippen LogP contribution in [-0.2, 0) is 29.9 Å². The molecule has 2 aliphatic heterocycles. The van der Waals surface area contributed by atoms with Gasteiger partial charge in [-0.1, -0.05) is 88.8 Å². The molecule has 280 valence electrons. The van der Waals surface area contributed by atoms with Crippen molar-refractivity contribution in [1.82, 2.24) is 4.90 Å². The number of nitrogens with zero attached hydrogens (tertiary/aromatic N) is 1. The Morgan fingerprint density at radius 2 is 1.94 bits per heavy atom. The lowest BCUT2D eigenvalue weighted by Crippen LogP contribution is -2.62. The molecule has 1 unspecified atom stereocenters. The second-order valence-corrected chi connectivity index (χ2v) is 21.9. The Hall–Kier alpha value is -2.86. The van der Waals surface area contributed by atoms with E-state index >= 15 is 0 Å². The summed E-state index contributed by atoms with van der Waals surface area (Å²) >= 11 is 7.04. The number of hydrogen-bond acceptors (Lipinski definition) is 9. The van der Waals surface area contributed by atoms with E-state index in [0.29, 0.717) is 16.2 Å². The molecule has 4 rings (SSSR count). The van der Waals surface area contributed by atoms with E-state index in [9.17, 15) is 14.7 Å². The van der Waals surface area contributed by atoms with Gasteiger partial charge >= 0.3 is 11.2 Å². The van der Waals surface area contributed by atoms with Crippen molar-refractivity contribution in [3.05, 3.63) is 70.3 Å². The fourth-order valence-corrected chi connectivity index (χ4v) is 9.90. The van der Waals surface area contributed by atoms with Crippen molar-refractivity contribution in [2.45, 2.75) is 123 Å². The van der Waals surface area contributed by atoms with Gasteiger partial charge in [-0.05, 0) is 88.2 Å². The van der Waals surface area contributed by atoms with E-state index in [-0.39, 0.29) is 64.2 Å². The monoisotopic (exact) mass is 755 g/mol. The third-order valence-electron chi connectivity index (χ3n) is 10.6. The maximum absolute atomic E-state index is 13.6. The Morgan fingerprint density at radius 3 is 2.57 bits per heavy atom. The Kier molecular flexibility index (Phi) is 13.5. The van der Waals surface area contributed by atoms with Crippen LogP contribution >= 0.6 is 24.0 Å². The zero-order valence-corrected chi connectivity index (χ0v) is 34.6. The average molecular weight is 756 g/mol. The molecule has 51 heavy (non-hydrogen) atoms. The first kappa shape index (κ1) is 40.9. The summed E-state index contributed by atoms with van der Waals surface area (Å²) in [6.07, 6.45) is 9.17. The van der Waals surface area contributed by atoms with Gasteiger partial charge < -0.3 is 23.7 Å². The minimum Gasteiger partial charge on any atom is -0.507 e. The van der Waals surface area contributed by atoms with Crippen LogP contribution in [0, 0.1) is 11.8 Å². The van der Waals surface area contributed by atoms with Crippen molar-refractivity contribution in [2.24, 2.45) is 11.8 Å².